The number of carbonyl (C=O) groups excluding carboxylic acids is 1. The van der Waals surface area contributed by atoms with E-state index in [4.69, 9.17) is 9.15 Å². The van der Waals surface area contributed by atoms with Crippen molar-refractivity contribution in [3.63, 3.8) is 0 Å². The van der Waals surface area contributed by atoms with E-state index in [-0.39, 0.29) is 16.9 Å². The Hall–Kier alpha value is -3.07. The molecule has 1 atom stereocenters. The molecule has 0 saturated carbocycles. The number of sulfonamides is 1. The van der Waals surface area contributed by atoms with Crippen molar-refractivity contribution < 1.29 is 22.4 Å². The lowest BCUT2D eigenvalue weighted by Gasteiger charge is -2.25. The van der Waals surface area contributed by atoms with Crippen LogP contribution in [0.25, 0.3) is 11.1 Å². The van der Waals surface area contributed by atoms with Crippen LogP contribution in [-0.2, 0) is 33.0 Å². The third-order valence-corrected chi connectivity index (χ3v) is 6.54. The number of hydrogen-bond acceptors (Lipinski definition) is 6. The fraction of sp³-hybridized carbons (Fsp3) is 0.222. The summed E-state index contributed by atoms with van der Waals surface area (Å²) in [6, 6.07) is 10.1. The molecule has 0 bridgehead atoms. The smallest absolute Gasteiger partial charge is 0.419 e. The zero-order valence-corrected chi connectivity index (χ0v) is 15.4. The minimum atomic E-state index is -4.09. The van der Waals surface area contributed by atoms with Gasteiger partial charge in [-0.1, -0.05) is 18.2 Å². The Balaban J connectivity index is 1.89. The molecule has 0 aliphatic carbocycles. The van der Waals surface area contributed by atoms with E-state index in [1.807, 2.05) is 0 Å². The first-order valence-corrected chi connectivity index (χ1v) is 9.58. The van der Waals surface area contributed by atoms with Gasteiger partial charge in [0, 0.05) is 19.5 Å². The number of methoxy groups -OCH3 is 1. The van der Waals surface area contributed by atoms with Gasteiger partial charge in [-0.2, -0.15) is 0 Å². The van der Waals surface area contributed by atoms with Gasteiger partial charge < -0.3 is 9.15 Å². The van der Waals surface area contributed by atoms with E-state index in [0.29, 0.717) is 11.2 Å². The van der Waals surface area contributed by atoms with E-state index in [2.05, 4.69) is 0 Å². The number of fused-ring (bicyclic) bond motifs is 2. The fourth-order valence-corrected chi connectivity index (χ4v) is 5.01. The molecule has 0 fully saturated rings. The minimum Gasteiger partial charge on any atom is -0.467 e. The summed E-state index contributed by atoms with van der Waals surface area (Å²) in [5, 5.41) is 0. The van der Waals surface area contributed by atoms with Gasteiger partial charge in [0.25, 0.3) is 10.0 Å². The van der Waals surface area contributed by atoms with Gasteiger partial charge in [-0.05, 0) is 23.8 Å². The minimum absolute atomic E-state index is 0.0741. The van der Waals surface area contributed by atoms with Crippen LogP contribution < -0.4 is 10.1 Å². The Kier molecular flexibility index (Phi) is 3.84. The number of para-hydroxylation sites is 1. The Labute approximate surface area is 154 Å². The lowest BCUT2D eigenvalue weighted by atomic mass is 10.1. The number of benzene rings is 2. The molecule has 0 N–H and O–H groups in total. The molecule has 0 amide bonds. The van der Waals surface area contributed by atoms with Crippen LogP contribution in [0, 0.1) is 0 Å². The van der Waals surface area contributed by atoms with Crippen molar-refractivity contribution in [2.24, 2.45) is 7.05 Å². The molecule has 9 heteroatoms. The molecule has 2 heterocycles. The number of ether oxygens (including phenoxy) is 1. The van der Waals surface area contributed by atoms with E-state index in [1.54, 1.807) is 24.3 Å². The molecule has 4 rings (SSSR count). The first-order valence-electron chi connectivity index (χ1n) is 8.14. The first kappa shape index (κ1) is 17.3. The van der Waals surface area contributed by atoms with Crippen LogP contribution in [0.1, 0.15) is 5.56 Å². The van der Waals surface area contributed by atoms with Crippen molar-refractivity contribution in [2.75, 3.05) is 11.4 Å². The highest BCUT2D eigenvalue weighted by molar-refractivity contribution is 7.93. The molecule has 2 aromatic carbocycles. The Morgan fingerprint density at radius 2 is 1.96 bits per heavy atom. The average Bonchev–Trinajstić information content (AvgIpc) is 3.19. The van der Waals surface area contributed by atoms with Crippen LogP contribution in [0.2, 0.25) is 0 Å². The topological polar surface area (TPSA) is 98.8 Å². The lowest BCUT2D eigenvalue weighted by molar-refractivity contribution is -0.141. The van der Waals surface area contributed by atoms with Crippen molar-refractivity contribution >= 4 is 32.8 Å². The Morgan fingerprint density at radius 3 is 2.70 bits per heavy atom. The number of nitrogens with zero attached hydrogens (tertiary/aromatic N) is 2. The molecule has 0 saturated heterocycles. The van der Waals surface area contributed by atoms with Gasteiger partial charge in [0.1, 0.15) is 6.04 Å². The van der Waals surface area contributed by atoms with Gasteiger partial charge in [-0.25, -0.2) is 18.0 Å². The number of hydrogen-bond donors (Lipinski definition) is 0. The summed E-state index contributed by atoms with van der Waals surface area (Å²) in [5.74, 6) is -1.22. The van der Waals surface area contributed by atoms with Crippen molar-refractivity contribution in [3.05, 3.63) is 58.6 Å². The summed E-state index contributed by atoms with van der Waals surface area (Å²) < 4.78 is 39.0. The zero-order chi connectivity index (χ0) is 19.3. The van der Waals surface area contributed by atoms with Crippen LogP contribution in [0.5, 0.6) is 0 Å². The summed E-state index contributed by atoms with van der Waals surface area (Å²) in [4.78, 5) is 23.8. The van der Waals surface area contributed by atoms with Crippen LogP contribution in [-0.4, -0.2) is 32.1 Å². The van der Waals surface area contributed by atoms with Gasteiger partial charge in [-0.15, -0.1) is 0 Å². The normalized spacial score (nSPS) is 16.5. The quantitative estimate of drug-likeness (QED) is 0.630. The van der Waals surface area contributed by atoms with E-state index in [9.17, 15) is 18.0 Å². The molecule has 0 unspecified atom stereocenters. The van der Waals surface area contributed by atoms with E-state index >= 15 is 0 Å². The molecule has 1 aromatic heterocycles. The number of aromatic nitrogens is 1. The van der Waals surface area contributed by atoms with Crippen LogP contribution in [0.15, 0.2) is 56.6 Å². The maximum Gasteiger partial charge on any atom is 0.419 e. The maximum absolute atomic E-state index is 13.4. The Bertz CT molecular complexity index is 1220. The highest BCUT2D eigenvalue weighted by Gasteiger charge is 2.43. The number of oxazole rings is 1. The molecule has 27 heavy (non-hydrogen) atoms. The number of carbonyl (C=O) groups is 1. The van der Waals surface area contributed by atoms with Crippen molar-refractivity contribution in [1.29, 1.82) is 0 Å². The molecule has 0 spiro atoms. The average molecular weight is 388 g/mol. The Morgan fingerprint density at radius 1 is 1.22 bits per heavy atom. The van der Waals surface area contributed by atoms with Gasteiger partial charge in [0.05, 0.1) is 23.2 Å². The SMILES string of the molecule is COC(=O)[C@@H]1Cc2ccccc2N1S(=O)(=O)c1ccc2c(c1)oc(=O)n2C. The molecule has 1 aliphatic heterocycles. The van der Waals surface area contributed by atoms with Gasteiger partial charge >= 0.3 is 11.7 Å². The summed E-state index contributed by atoms with van der Waals surface area (Å²) in [5.41, 5.74) is 1.81. The fourth-order valence-electron chi connectivity index (χ4n) is 3.36. The molecule has 1 aliphatic rings. The van der Waals surface area contributed by atoms with Gasteiger partial charge in [-0.3, -0.25) is 8.87 Å². The number of esters is 1. The predicted octanol–water partition coefficient (Wildman–Crippen LogP) is 1.42. The molecule has 3 aromatic rings. The second kappa shape index (κ2) is 5.98. The van der Waals surface area contributed by atoms with Gasteiger partial charge in [0.15, 0.2) is 5.58 Å². The first-order chi connectivity index (χ1) is 12.8. The predicted molar refractivity (Wildman–Crippen MR) is 97.1 cm³/mol. The monoisotopic (exact) mass is 388 g/mol. The molecular weight excluding hydrogens is 372 g/mol. The third-order valence-electron chi connectivity index (χ3n) is 4.72. The number of aryl methyl sites for hydroxylation is 1. The third kappa shape index (κ3) is 2.54. The van der Waals surface area contributed by atoms with E-state index in [0.717, 1.165) is 9.87 Å². The summed E-state index contributed by atoms with van der Waals surface area (Å²) in [6.45, 7) is 0. The van der Waals surface area contributed by atoms with E-state index < -0.39 is 27.8 Å². The molecule has 140 valence electrons. The van der Waals surface area contributed by atoms with Crippen molar-refractivity contribution in [2.45, 2.75) is 17.4 Å². The molecule has 0 radical (unpaired) electrons. The second-order valence-corrected chi connectivity index (χ2v) is 8.04. The van der Waals surface area contributed by atoms with Gasteiger partial charge in [0.2, 0.25) is 0 Å². The van der Waals surface area contributed by atoms with Crippen molar-refractivity contribution in [3.8, 4) is 0 Å². The summed E-state index contributed by atoms with van der Waals surface area (Å²) in [6.07, 6.45) is 0.227. The van der Waals surface area contributed by atoms with Crippen molar-refractivity contribution in [1.82, 2.24) is 4.57 Å². The summed E-state index contributed by atoms with van der Waals surface area (Å²) >= 11 is 0. The lowest BCUT2D eigenvalue weighted by Crippen LogP contribution is -2.43. The molecule has 8 nitrogen and oxygen atoms in total. The zero-order valence-electron chi connectivity index (χ0n) is 14.6. The largest absolute Gasteiger partial charge is 0.467 e. The maximum atomic E-state index is 13.4. The number of rotatable bonds is 3. The van der Waals surface area contributed by atoms with Crippen LogP contribution >= 0.6 is 0 Å². The van der Waals surface area contributed by atoms with Crippen LogP contribution in [0.3, 0.4) is 0 Å². The second-order valence-electron chi connectivity index (χ2n) is 6.23. The highest BCUT2D eigenvalue weighted by Crippen LogP contribution is 2.37. The highest BCUT2D eigenvalue weighted by atomic mass is 32.2. The summed E-state index contributed by atoms with van der Waals surface area (Å²) in [7, 11) is -1.33. The van der Waals surface area contributed by atoms with Crippen LogP contribution in [0.4, 0.5) is 5.69 Å². The number of anilines is 1. The molecular formula is C18H16N2O6S. The van der Waals surface area contributed by atoms with E-state index in [1.165, 1.54) is 36.9 Å². The standard InChI is InChI=1S/C18H16N2O6S/c1-19-14-8-7-12(10-16(14)26-18(19)22)27(23,24)20-13-6-4-3-5-11(13)9-15(20)17(21)25-2/h3-8,10,15H,9H2,1-2H3/t15-/m0/s1.